The van der Waals surface area contributed by atoms with Crippen LogP contribution in [0.2, 0.25) is 0 Å². The van der Waals surface area contributed by atoms with Gasteiger partial charge in [-0.3, -0.25) is 9.59 Å². The maximum Gasteiger partial charge on any atom is 0.251 e. The van der Waals surface area contributed by atoms with Gasteiger partial charge in [-0.05, 0) is 31.5 Å². The summed E-state index contributed by atoms with van der Waals surface area (Å²) in [6.45, 7) is 1.67. The van der Waals surface area contributed by atoms with Crippen molar-refractivity contribution in [2.24, 2.45) is 11.7 Å². The molecule has 1 aromatic carbocycles. The van der Waals surface area contributed by atoms with Crippen molar-refractivity contribution in [1.82, 2.24) is 5.32 Å². The third-order valence-corrected chi connectivity index (χ3v) is 3.04. The maximum absolute atomic E-state index is 12.0. The summed E-state index contributed by atoms with van der Waals surface area (Å²) >= 11 is 3.26. The van der Waals surface area contributed by atoms with Crippen LogP contribution in [0.25, 0.3) is 0 Å². The Hall–Kier alpha value is -1.87. The van der Waals surface area contributed by atoms with Crippen LogP contribution >= 0.6 is 15.9 Å². The van der Waals surface area contributed by atoms with E-state index in [4.69, 9.17) is 11.0 Å². The Labute approximate surface area is 119 Å². The standard InChI is InChI=1S/C13H14BrN3O2/c1-8(7-15)5-11(12(16)18)17-13(19)9-3-2-4-10(14)6-9/h2-4,6,8,11H,5H2,1H3,(H2,16,18)(H,17,19)/t8-,11-/m1/s1. The zero-order valence-corrected chi connectivity index (χ0v) is 12.0. The largest absolute Gasteiger partial charge is 0.368 e. The summed E-state index contributed by atoms with van der Waals surface area (Å²) < 4.78 is 0.765. The predicted molar refractivity (Wildman–Crippen MR) is 74.0 cm³/mol. The van der Waals surface area contributed by atoms with Crippen molar-refractivity contribution in [3.05, 3.63) is 34.3 Å². The second kappa shape index (κ2) is 6.90. The Kier molecular flexibility index (Phi) is 5.52. The minimum Gasteiger partial charge on any atom is -0.368 e. The highest BCUT2D eigenvalue weighted by Gasteiger charge is 2.21. The number of rotatable bonds is 5. The summed E-state index contributed by atoms with van der Waals surface area (Å²) in [5.41, 5.74) is 5.65. The zero-order chi connectivity index (χ0) is 14.4. The second-order valence-corrected chi connectivity index (χ2v) is 5.12. The SMILES string of the molecule is C[C@@H](C#N)C[C@@H](NC(=O)c1cccc(Br)c1)C(N)=O. The summed E-state index contributed by atoms with van der Waals surface area (Å²) in [5.74, 6) is -1.40. The van der Waals surface area contributed by atoms with Crippen molar-refractivity contribution >= 4 is 27.7 Å². The maximum atomic E-state index is 12.0. The topological polar surface area (TPSA) is 96.0 Å². The Balaban J connectivity index is 2.77. The number of primary amides is 1. The molecule has 0 fully saturated rings. The molecule has 6 heteroatoms. The lowest BCUT2D eigenvalue weighted by atomic mass is 10.0. The molecule has 1 aromatic rings. The van der Waals surface area contributed by atoms with Gasteiger partial charge >= 0.3 is 0 Å². The van der Waals surface area contributed by atoms with Gasteiger partial charge in [-0.15, -0.1) is 0 Å². The summed E-state index contributed by atoms with van der Waals surface area (Å²) in [6, 6.07) is 7.94. The predicted octanol–water partition coefficient (Wildman–Crippen LogP) is 1.58. The van der Waals surface area contributed by atoms with Crippen LogP contribution < -0.4 is 11.1 Å². The third-order valence-electron chi connectivity index (χ3n) is 2.55. The van der Waals surface area contributed by atoms with Crippen molar-refractivity contribution in [3.8, 4) is 6.07 Å². The minimum absolute atomic E-state index is 0.200. The molecule has 0 heterocycles. The Bertz CT molecular complexity index is 525. The smallest absolute Gasteiger partial charge is 0.251 e. The first-order valence-corrected chi connectivity index (χ1v) is 6.48. The molecule has 0 aromatic heterocycles. The summed E-state index contributed by atoms with van der Waals surface area (Å²) in [7, 11) is 0. The average Bonchev–Trinajstić information content (AvgIpc) is 2.37. The quantitative estimate of drug-likeness (QED) is 0.861. The molecule has 3 N–H and O–H groups in total. The van der Waals surface area contributed by atoms with Gasteiger partial charge in [0, 0.05) is 16.0 Å². The second-order valence-electron chi connectivity index (χ2n) is 4.20. The fourth-order valence-corrected chi connectivity index (χ4v) is 1.92. The number of amides is 2. The number of carbonyl (C=O) groups is 2. The van der Waals surface area contributed by atoms with Gasteiger partial charge in [-0.1, -0.05) is 22.0 Å². The number of nitrogens with two attached hydrogens (primary N) is 1. The van der Waals surface area contributed by atoms with Crippen LogP contribution in [0.1, 0.15) is 23.7 Å². The van der Waals surface area contributed by atoms with Gasteiger partial charge in [0.25, 0.3) is 5.91 Å². The van der Waals surface area contributed by atoms with Gasteiger partial charge in [0.2, 0.25) is 5.91 Å². The van der Waals surface area contributed by atoms with Gasteiger partial charge < -0.3 is 11.1 Å². The number of hydrogen-bond donors (Lipinski definition) is 2. The van der Waals surface area contributed by atoms with Crippen LogP contribution in [0.15, 0.2) is 28.7 Å². The molecule has 0 aliphatic carbocycles. The minimum atomic E-state index is -0.846. The van der Waals surface area contributed by atoms with Crippen molar-refractivity contribution in [3.63, 3.8) is 0 Å². The molecule has 0 saturated carbocycles. The number of halogens is 1. The van der Waals surface area contributed by atoms with Gasteiger partial charge in [-0.2, -0.15) is 5.26 Å². The Morgan fingerprint density at radius 3 is 2.74 bits per heavy atom. The third kappa shape index (κ3) is 4.72. The van der Waals surface area contributed by atoms with E-state index in [0.717, 1.165) is 4.47 Å². The van der Waals surface area contributed by atoms with Crippen LogP contribution in [0.3, 0.4) is 0 Å². The monoisotopic (exact) mass is 323 g/mol. The van der Waals surface area contributed by atoms with Crippen molar-refractivity contribution in [2.45, 2.75) is 19.4 Å². The van der Waals surface area contributed by atoms with Gasteiger partial charge in [0.1, 0.15) is 6.04 Å². The number of hydrogen-bond acceptors (Lipinski definition) is 3. The molecule has 100 valence electrons. The molecular weight excluding hydrogens is 310 g/mol. The van der Waals surface area contributed by atoms with E-state index in [1.165, 1.54) is 0 Å². The molecule has 5 nitrogen and oxygen atoms in total. The fraction of sp³-hybridized carbons (Fsp3) is 0.308. The molecule has 0 spiro atoms. The van der Waals surface area contributed by atoms with Crippen LogP contribution in [-0.2, 0) is 4.79 Å². The molecule has 2 atom stereocenters. The van der Waals surface area contributed by atoms with Gasteiger partial charge in [0.05, 0.1) is 6.07 Å². The molecule has 0 saturated heterocycles. The molecule has 2 amide bonds. The Morgan fingerprint density at radius 2 is 2.21 bits per heavy atom. The van der Waals surface area contributed by atoms with Crippen molar-refractivity contribution < 1.29 is 9.59 Å². The molecular formula is C13H14BrN3O2. The van der Waals surface area contributed by atoms with E-state index in [9.17, 15) is 9.59 Å². The van der Waals surface area contributed by atoms with E-state index in [0.29, 0.717) is 5.56 Å². The lowest BCUT2D eigenvalue weighted by Gasteiger charge is -2.16. The van der Waals surface area contributed by atoms with E-state index in [1.54, 1.807) is 31.2 Å². The van der Waals surface area contributed by atoms with Crippen LogP contribution in [0.4, 0.5) is 0 Å². The highest BCUT2D eigenvalue weighted by Crippen LogP contribution is 2.12. The first-order chi connectivity index (χ1) is 8.93. The van der Waals surface area contributed by atoms with Gasteiger partial charge in [0.15, 0.2) is 0 Å². The number of nitrogens with one attached hydrogen (secondary N) is 1. The fourth-order valence-electron chi connectivity index (χ4n) is 1.52. The lowest BCUT2D eigenvalue weighted by molar-refractivity contribution is -0.120. The van der Waals surface area contributed by atoms with Crippen molar-refractivity contribution in [2.75, 3.05) is 0 Å². The number of nitriles is 1. The Morgan fingerprint density at radius 1 is 1.53 bits per heavy atom. The average molecular weight is 324 g/mol. The number of benzene rings is 1. The molecule has 0 unspecified atom stereocenters. The van der Waals surface area contributed by atoms with Crippen molar-refractivity contribution in [1.29, 1.82) is 5.26 Å². The summed E-state index contributed by atoms with van der Waals surface area (Å²) in [5, 5.41) is 11.3. The number of nitrogens with zero attached hydrogens (tertiary/aromatic N) is 1. The van der Waals surface area contributed by atoms with E-state index in [1.807, 2.05) is 6.07 Å². The molecule has 0 bridgehead atoms. The molecule has 0 aliphatic heterocycles. The molecule has 1 rings (SSSR count). The number of carbonyl (C=O) groups excluding carboxylic acids is 2. The normalized spacial score (nSPS) is 13.1. The summed E-state index contributed by atoms with van der Waals surface area (Å²) in [6.07, 6.45) is 0.200. The molecule has 0 radical (unpaired) electrons. The highest BCUT2D eigenvalue weighted by molar-refractivity contribution is 9.10. The molecule has 0 aliphatic rings. The summed E-state index contributed by atoms with van der Waals surface area (Å²) in [4.78, 5) is 23.2. The van der Waals surface area contributed by atoms with E-state index >= 15 is 0 Å². The van der Waals surface area contributed by atoms with Gasteiger partial charge in [-0.25, -0.2) is 0 Å². The first-order valence-electron chi connectivity index (χ1n) is 5.69. The van der Waals surface area contributed by atoms with Crippen LogP contribution in [-0.4, -0.2) is 17.9 Å². The van der Waals surface area contributed by atoms with E-state index in [2.05, 4.69) is 21.2 Å². The highest BCUT2D eigenvalue weighted by atomic mass is 79.9. The van der Waals surface area contributed by atoms with E-state index in [-0.39, 0.29) is 12.3 Å². The first kappa shape index (κ1) is 15.2. The van der Waals surface area contributed by atoms with Crippen LogP contribution in [0, 0.1) is 17.2 Å². The molecule has 19 heavy (non-hydrogen) atoms. The van der Waals surface area contributed by atoms with Crippen LogP contribution in [0.5, 0.6) is 0 Å². The van der Waals surface area contributed by atoms with E-state index < -0.39 is 17.9 Å². The lowest BCUT2D eigenvalue weighted by Crippen LogP contribution is -2.45. The zero-order valence-electron chi connectivity index (χ0n) is 10.4.